The number of carbonyl (C=O) groups excluding carboxylic acids is 2. The second kappa shape index (κ2) is 10.4. The van der Waals surface area contributed by atoms with Gasteiger partial charge in [-0.2, -0.15) is 0 Å². The number of para-hydroxylation sites is 2. The van der Waals surface area contributed by atoms with Crippen molar-refractivity contribution in [1.82, 2.24) is 5.16 Å². The third-order valence-electron chi connectivity index (χ3n) is 3.80. The molecule has 2 aromatic carbocycles. The lowest BCUT2D eigenvalue weighted by Gasteiger charge is -2.10. The lowest BCUT2D eigenvalue weighted by atomic mass is 10.3. The van der Waals surface area contributed by atoms with Crippen LogP contribution in [0.1, 0.15) is 5.76 Å². The van der Waals surface area contributed by atoms with Gasteiger partial charge >= 0.3 is 0 Å². The third kappa shape index (κ3) is 6.28. The highest BCUT2D eigenvalue weighted by atomic mass is 32.2. The molecule has 3 rings (SSSR count). The fraction of sp³-hybridized carbons (Fsp3) is 0.190. The summed E-state index contributed by atoms with van der Waals surface area (Å²) in [5, 5.41) is 9.07. The van der Waals surface area contributed by atoms with Crippen LogP contribution >= 0.6 is 11.8 Å². The van der Waals surface area contributed by atoms with E-state index in [2.05, 4.69) is 15.8 Å². The molecule has 0 aliphatic carbocycles. The van der Waals surface area contributed by atoms with E-state index in [1.807, 2.05) is 24.3 Å². The predicted octanol–water partition coefficient (Wildman–Crippen LogP) is 4.09. The minimum atomic E-state index is -0.251. The number of ether oxygens (including phenoxy) is 2. The number of carbonyl (C=O) groups is 2. The highest BCUT2D eigenvalue weighted by Gasteiger charge is 2.09. The van der Waals surface area contributed by atoms with E-state index in [9.17, 15) is 9.59 Å². The Kier molecular flexibility index (Phi) is 7.34. The largest absolute Gasteiger partial charge is 0.493 e. The summed E-state index contributed by atoms with van der Waals surface area (Å²) >= 11 is 1.20. The monoisotopic (exact) mass is 427 g/mol. The van der Waals surface area contributed by atoms with Gasteiger partial charge in [0.2, 0.25) is 11.8 Å². The Balaban J connectivity index is 1.42. The first-order valence-corrected chi connectivity index (χ1v) is 10.2. The van der Waals surface area contributed by atoms with E-state index in [0.29, 0.717) is 34.5 Å². The van der Waals surface area contributed by atoms with Crippen LogP contribution in [0, 0.1) is 6.92 Å². The van der Waals surface area contributed by atoms with Gasteiger partial charge in [0.25, 0.3) is 0 Å². The van der Waals surface area contributed by atoms with Gasteiger partial charge in [-0.3, -0.25) is 9.59 Å². The molecule has 30 heavy (non-hydrogen) atoms. The Labute approximate surface area is 177 Å². The molecule has 0 radical (unpaired) electrons. The van der Waals surface area contributed by atoms with E-state index < -0.39 is 0 Å². The highest BCUT2D eigenvalue weighted by Crippen LogP contribution is 2.31. The number of aromatic nitrogens is 1. The minimum Gasteiger partial charge on any atom is -0.493 e. The zero-order chi connectivity index (χ0) is 21.3. The standard InChI is InChI=1S/C21H21N3O5S/c1-14-11-19(24-29-14)23-21(26)13-30-12-20(25)22-15-7-9-16(10-8-15)28-18-6-4-3-5-17(18)27-2/h3-11H,12-13H2,1-2H3,(H,22,25)(H,23,24,26). The minimum absolute atomic E-state index is 0.130. The maximum absolute atomic E-state index is 12.1. The summed E-state index contributed by atoms with van der Waals surface area (Å²) < 4.78 is 15.9. The van der Waals surface area contributed by atoms with E-state index >= 15 is 0 Å². The van der Waals surface area contributed by atoms with Gasteiger partial charge in [-0.15, -0.1) is 11.8 Å². The average Bonchev–Trinajstić information content (AvgIpc) is 3.14. The molecule has 2 amide bonds. The second-order valence-corrected chi connectivity index (χ2v) is 7.17. The summed E-state index contributed by atoms with van der Waals surface area (Å²) in [4.78, 5) is 23.9. The number of nitrogens with one attached hydrogen (secondary N) is 2. The molecule has 9 heteroatoms. The normalized spacial score (nSPS) is 10.3. The van der Waals surface area contributed by atoms with Crippen LogP contribution in [-0.4, -0.2) is 35.6 Å². The van der Waals surface area contributed by atoms with Crippen LogP contribution in [0.3, 0.4) is 0 Å². The van der Waals surface area contributed by atoms with Gasteiger partial charge in [0.05, 0.1) is 18.6 Å². The van der Waals surface area contributed by atoms with Crippen molar-refractivity contribution in [2.45, 2.75) is 6.92 Å². The van der Waals surface area contributed by atoms with E-state index in [-0.39, 0.29) is 23.3 Å². The zero-order valence-electron chi connectivity index (χ0n) is 16.5. The number of aryl methyl sites for hydroxylation is 1. The Bertz CT molecular complexity index is 1000. The van der Waals surface area contributed by atoms with Crippen molar-refractivity contribution < 1.29 is 23.6 Å². The molecular weight excluding hydrogens is 406 g/mol. The maximum Gasteiger partial charge on any atom is 0.235 e. The first kappa shape index (κ1) is 21.3. The number of hydrogen-bond acceptors (Lipinski definition) is 7. The van der Waals surface area contributed by atoms with Gasteiger partial charge in [0.15, 0.2) is 17.3 Å². The van der Waals surface area contributed by atoms with Crippen molar-refractivity contribution >= 4 is 35.1 Å². The summed E-state index contributed by atoms with van der Waals surface area (Å²) in [5.41, 5.74) is 0.635. The average molecular weight is 427 g/mol. The third-order valence-corrected chi connectivity index (χ3v) is 4.73. The lowest BCUT2D eigenvalue weighted by molar-refractivity contribution is -0.114. The second-order valence-electron chi connectivity index (χ2n) is 6.19. The van der Waals surface area contributed by atoms with Gasteiger partial charge < -0.3 is 24.6 Å². The fourth-order valence-corrected chi connectivity index (χ4v) is 3.09. The number of nitrogens with zero attached hydrogens (tertiary/aromatic N) is 1. The van der Waals surface area contributed by atoms with E-state index in [4.69, 9.17) is 14.0 Å². The summed E-state index contributed by atoms with van der Waals surface area (Å²) in [6.07, 6.45) is 0. The van der Waals surface area contributed by atoms with Gasteiger partial charge in [-0.05, 0) is 43.3 Å². The first-order valence-electron chi connectivity index (χ1n) is 9.05. The van der Waals surface area contributed by atoms with Crippen molar-refractivity contribution in [1.29, 1.82) is 0 Å². The molecule has 0 atom stereocenters. The molecule has 0 fully saturated rings. The molecule has 0 saturated heterocycles. The zero-order valence-corrected chi connectivity index (χ0v) is 17.3. The summed E-state index contributed by atoms with van der Waals surface area (Å²) in [6.45, 7) is 1.74. The summed E-state index contributed by atoms with van der Waals surface area (Å²) in [7, 11) is 1.58. The van der Waals surface area contributed by atoms with Crippen molar-refractivity contribution in [3.63, 3.8) is 0 Å². The van der Waals surface area contributed by atoms with Crippen LogP contribution in [0.15, 0.2) is 59.1 Å². The maximum atomic E-state index is 12.1. The van der Waals surface area contributed by atoms with Crippen molar-refractivity contribution in [2.75, 3.05) is 29.2 Å². The number of methoxy groups -OCH3 is 1. The Hall–Kier alpha value is -3.46. The van der Waals surface area contributed by atoms with Gasteiger partial charge in [-0.1, -0.05) is 17.3 Å². The molecule has 0 spiro atoms. The molecule has 0 aliphatic rings. The van der Waals surface area contributed by atoms with Crippen LogP contribution in [0.5, 0.6) is 17.2 Å². The van der Waals surface area contributed by atoms with Crippen molar-refractivity contribution in [3.8, 4) is 17.2 Å². The summed E-state index contributed by atoms with van der Waals surface area (Å²) in [6, 6.07) is 16.0. The Morgan fingerprint density at radius 3 is 2.30 bits per heavy atom. The van der Waals surface area contributed by atoms with Crippen LogP contribution in [0.2, 0.25) is 0 Å². The number of thioether (sulfide) groups is 1. The first-order chi connectivity index (χ1) is 14.5. The van der Waals surface area contributed by atoms with Gasteiger partial charge in [0.1, 0.15) is 11.5 Å². The number of amides is 2. The topological polar surface area (TPSA) is 103 Å². The van der Waals surface area contributed by atoms with Gasteiger partial charge in [-0.25, -0.2) is 0 Å². The number of hydrogen-bond donors (Lipinski definition) is 2. The lowest BCUT2D eigenvalue weighted by Crippen LogP contribution is -2.18. The number of rotatable bonds is 9. The van der Waals surface area contributed by atoms with Crippen LogP contribution in [0.4, 0.5) is 11.5 Å². The summed E-state index contributed by atoms with van der Waals surface area (Å²) in [5.74, 6) is 2.64. The van der Waals surface area contributed by atoms with E-state index in [1.165, 1.54) is 11.8 Å². The molecule has 0 bridgehead atoms. The van der Waals surface area contributed by atoms with E-state index in [1.54, 1.807) is 44.4 Å². The fourth-order valence-electron chi connectivity index (χ4n) is 2.47. The number of anilines is 2. The molecule has 0 aliphatic heterocycles. The molecule has 1 aromatic heterocycles. The SMILES string of the molecule is COc1ccccc1Oc1ccc(NC(=O)CSCC(=O)Nc2cc(C)on2)cc1. The smallest absolute Gasteiger partial charge is 0.235 e. The Morgan fingerprint density at radius 1 is 1.00 bits per heavy atom. The van der Waals surface area contributed by atoms with Gasteiger partial charge in [0, 0.05) is 11.8 Å². The molecule has 2 N–H and O–H groups in total. The highest BCUT2D eigenvalue weighted by molar-refractivity contribution is 8.00. The Morgan fingerprint density at radius 2 is 1.67 bits per heavy atom. The predicted molar refractivity (Wildman–Crippen MR) is 115 cm³/mol. The van der Waals surface area contributed by atoms with Crippen molar-refractivity contribution in [2.24, 2.45) is 0 Å². The molecule has 3 aromatic rings. The molecule has 0 unspecified atom stereocenters. The molecular formula is C21H21N3O5S. The van der Waals surface area contributed by atoms with Crippen LogP contribution in [0.25, 0.3) is 0 Å². The number of benzene rings is 2. The molecule has 8 nitrogen and oxygen atoms in total. The quantitative estimate of drug-likeness (QED) is 0.530. The molecule has 1 heterocycles. The molecule has 0 saturated carbocycles. The van der Waals surface area contributed by atoms with Crippen LogP contribution < -0.4 is 20.1 Å². The van der Waals surface area contributed by atoms with Crippen LogP contribution in [-0.2, 0) is 9.59 Å². The van der Waals surface area contributed by atoms with Crippen molar-refractivity contribution in [3.05, 3.63) is 60.4 Å². The molecule has 156 valence electrons. The van der Waals surface area contributed by atoms with E-state index in [0.717, 1.165) is 0 Å².